The molecule has 2 aromatic heterocycles. The number of anilines is 1. The van der Waals surface area contributed by atoms with Crippen molar-refractivity contribution < 1.29 is 8.42 Å². The van der Waals surface area contributed by atoms with Gasteiger partial charge < -0.3 is 15.2 Å². The third-order valence-corrected chi connectivity index (χ3v) is 5.19. The van der Waals surface area contributed by atoms with Crippen LogP contribution in [0.1, 0.15) is 24.5 Å². The monoisotopic (exact) mass is 350 g/mol. The van der Waals surface area contributed by atoms with Gasteiger partial charge in [-0.2, -0.15) is 0 Å². The van der Waals surface area contributed by atoms with Crippen LogP contribution in [0.2, 0.25) is 0 Å². The quantitative estimate of drug-likeness (QED) is 0.789. The Morgan fingerprint density at radius 3 is 3.00 bits per heavy atom. The highest BCUT2D eigenvalue weighted by Gasteiger charge is 2.25. The van der Waals surface area contributed by atoms with E-state index >= 15 is 0 Å². The molecular formula is C15H22N6O2S. The maximum absolute atomic E-state index is 12.0. The Kier molecular flexibility index (Phi) is 5.10. The summed E-state index contributed by atoms with van der Waals surface area (Å²) in [5, 5.41) is 6.46. The van der Waals surface area contributed by atoms with Gasteiger partial charge >= 0.3 is 0 Å². The van der Waals surface area contributed by atoms with Crippen LogP contribution in [0.25, 0.3) is 0 Å². The third kappa shape index (κ3) is 4.09. The van der Waals surface area contributed by atoms with Gasteiger partial charge in [0.05, 0.1) is 18.2 Å². The van der Waals surface area contributed by atoms with Gasteiger partial charge in [-0.3, -0.25) is 0 Å². The van der Waals surface area contributed by atoms with Gasteiger partial charge in [-0.25, -0.2) is 23.4 Å². The summed E-state index contributed by atoms with van der Waals surface area (Å²) in [4.78, 5) is 12.9. The van der Waals surface area contributed by atoms with Crippen molar-refractivity contribution in [2.24, 2.45) is 0 Å². The zero-order valence-corrected chi connectivity index (χ0v) is 14.5. The number of aromatic nitrogens is 4. The number of hydrogen-bond donors (Lipinski definition) is 2. The number of nitrogens with zero attached hydrogens (tertiary/aromatic N) is 4. The zero-order chi connectivity index (χ0) is 17.0. The van der Waals surface area contributed by atoms with Crippen LogP contribution < -0.4 is 10.6 Å². The lowest BCUT2D eigenvalue weighted by Gasteiger charge is -2.24. The van der Waals surface area contributed by atoms with E-state index in [2.05, 4.69) is 25.6 Å². The average molecular weight is 350 g/mol. The molecule has 0 unspecified atom stereocenters. The van der Waals surface area contributed by atoms with Gasteiger partial charge in [-0.05, 0) is 19.4 Å². The van der Waals surface area contributed by atoms with Crippen LogP contribution in [-0.4, -0.2) is 53.8 Å². The molecule has 1 aliphatic rings. The van der Waals surface area contributed by atoms with Gasteiger partial charge in [0.25, 0.3) is 0 Å². The van der Waals surface area contributed by atoms with Gasteiger partial charge in [0.2, 0.25) is 5.95 Å². The first kappa shape index (κ1) is 16.8. The lowest BCUT2D eigenvalue weighted by molar-refractivity contribution is 0.448. The first-order valence-electron chi connectivity index (χ1n) is 8.01. The summed E-state index contributed by atoms with van der Waals surface area (Å²) in [5.41, 5.74) is 0.616. The van der Waals surface area contributed by atoms with Gasteiger partial charge in [0, 0.05) is 44.2 Å². The molecule has 0 spiro atoms. The molecule has 9 heteroatoms. The van der Waals surface area contributed by atoms with Crippen molar-refractivity contribution in [3.8, 4) is 0 Å². The van der Waals surface area contributed by atoms with Crippen LogP contribution >= 0.6 is 0 Å². The molecule has 0 amide bonds. The Labute approximate surface area is 141 Å². The lowest BCUT2D eigenvalue weighted by Crippen LogP contribution is -2.30. The highest BCUT2D eigenvalue weighted by molar-refractivity contribution is 7.90. The fourth-order valence-corrected chi connectivity index (χ4v) is 3.68. The van der Waals surface area contributed by atoms with Crippen LogP contribution in [0.4, 0.5) is 5.95 Å². The fraction of sp³-hybridized carbons (Fsp3) is 0.533. The van der Waals surface area contributed by atoms with Crippen LogP contribution in [0.15, 0.2) is 29.8 Å². The minimum Gasteiger partial charge on any atom is -0.352 e. The van der Waals surface area contributed by atoms with Crippen molar-refractivity contribution in [1.82, 2.24) is 24.8 Å². The highest BCUT2D eigenvalue weighted by Crippen LogP contribution is 2.27. The number of piperidine rings is 1. The topological polar surface area (TPSA) is 102 Å². The van der Waals surface area contributed by atoms with Crippen molar-refractivity contribution in [1.29, 1.82) is 0 Å². The van der Waals surface area contributed by atoms with Gasteiger partial charge in [-0.15, -0.1) is 0 Å². The molecule has 3 heterocycles. The van der Waals surface area contributed by atoms with Gasteiger partial charge in [0.1, 0.15) is 4.90 Å². The number of rotatable bonds is 6. The zero-order valence-electron chi connectivity index (χ0n) is 13.6. The maximum atomic E-state index is 12.0. The Morgan fingerprint density at radius 1 is 1.46 bits per heavy atom. The van der Waals surface area contributed by atoms with E-state index in [0.29, 0.717) is 18.2 Å². The van der Waals surface area contributed by atoms with Crippen LogP contribution in [0.5, 0.6) is 0 Å². The SMILES string of the molecule is CS(=O)(=O)c1cnc(NCCn2ccnc2)nc1[C@H]1CCCNC1. The van der Waals surface area contributed by atoms with Crippen molar-refractivity contribution >= 4 is 15.8 Å². The summed E-state index contributed by atoms with van der Waals surface area (Å²) in [5.74, 6) is 0.559. The van der Waals surface area contributed by atoms with E-state index in [0.717, 1.165) is 32.5 Å². The number of nitrogens with one attached hydrogen (secondary N) is 2. The fourth-order valence-electron chi connectivity index (χ4n) is 2.85. The van der Waals surface area contributed by atoms with Crippen LogP contribution in [-0.2, 0) is 16.4 Å². The molecule has 0 radical (unpaired) electrons. The minimum absolute atomic E-state index is 0.0978. The van der Waals surface area contributed by atoms with Crippen LogP contribution in [0.3, 0.4) is 0 Å². The van der Waals surface area contributed by atoms with Crippen molar-refractivity contribution in [3.63, 3.8) is 0 Å². The smallest absolute Gasteiger partial charge is 0.223 e. The molecule has 1 atom stereocenters. The second kappa shape index (κ2) is 7.27. The van der Waals surface area contributed by atoms with Crippen molar-refractivity contribution in [2.45, 2.75) is 30.2 Å². The predicted molar refractivity (Wildman–Crippen MR) is 90.7 cm³/mol. The molecule has 24 heavy (non-hydrogen) atoms. The predicted octanol–water partition coefficient (Wildman–Crippen LogP) is 0.656. The summed E-state index contributed by atoms with van der Waals surface area (Å²) in [6.45, 7) is 3.08. The lowest BCUT2D eigenvalue weighted by atomic mass is 9.96. The van der Waals surface area contributed by atoms with Crippen LogP contribution in [0, 0.1) is 0 Å². The molecule has 2 N–H and O–H groups in total. The Morgan fingerprint density at radius 2 is 2.33 bits per heavy atom. The van der Waals surface area contributed by atoms with Crippen molar-refractivity contribution in [3.05, 3.63) is 30.6 Å². The molecule has 1 aliphatic heterocycles. The number of hydrogen-bond acceptors (Lipinski definition) is 7. The number of imidazole rings is 1. The van der Waals surface area contributed by atoms with E-state index in [4.69, 9.17) is 0 Å². The normalized spacial score (nSPS) is 18.5. The van der Waals surface area contributed by atoms with E-state index < -0.39 is 9.84 Å². The summed E-state index contributed by atoms with van der Waals surface area (Å²) >= 11 is 0. The summed E-state index contributed by atoms with van der Waals surface area (Å²) in [6, 6.07) is 0. The van der Waals surface area contributed by atoms with Gasteiger partial charge in [0.15, 0.2) is 9.84 Å². The molecule has 8 nitrogen and oxygen atoms in total. The molecule has 0 saturated carbocycles. The largest absolute Gasteiger partial charge is 0.352 e. The molecular weight excluding hydrogens is 328 g/mol. The summed E-state index contributed by atoms with van der Waals surface area (Å²) in [7, 11) is -3.35. The summed E-state index contributed by atoms with van der Waals surface area (Å²) < 4.78 is 26.0. The Balaban J connectivity index is 1.78. The molecule has 0 aliphatic carbocycles. The molecule has 3 rings (SSSR count). The number of sulfone groups is 1. The first-order valence-corrected chi connectivity index (χ1v) is 9.90. The maximum Gasteiger partial charge on any atom is 0.223 e. The third-order valence-electron chi connectivity index (χ3n) is 4.08. The highest BCUT2D eigenvalue weighted by atomic mass is 32.2. The van der Waals surface area contributed by atoms with E-state index in [1.54, 1.807) is 12.5 Å². The molecule has 0 bridgehead atoms. The molecule has 0 aromatic carbocycles. The Bertz CT molecular complexity index is 769. The molecule has 130 valence electrons. The second-order valence-corrected chi connectivity index (χ2v) is 7.97. The first-order chi connectivity index (χ1) is 11.5. The van der Waals surface area contributed by atoms with E-state index in [1.807, 2.05) is 10.8 Å². The van der Waals surface area contributed by atoms with E-state index in [1.165, 1.54) is 12.5 Å². The van der Waals surface area contributed by atoms with Crippen molar-refractivity contribution in [2.75, 3.05) is 31.2 Å². The molecule has 2 aromatic rings. The molecule has 1 fully saturated rings. The average Bonchev–Trinajstić information content (AvgIpc) is 3.08. The second-order valence-electron chi connectivity index (χ2n) is 5.99. The van der Waals surface area contributed by atoms with E-state index in [-0.39, 0.29) is 10.8 Å². The standard InChI is InChI=1S/C15H22N6O2S/c1-24(22,23)13-10-19-15(18-6-8-21-7-5-17-11-21)20-14(13)12-3-2-4-16-9-12/h5,7,10-12,16H,2-4,6,8-9H2,1H3,(H,18,19,20)/t12-/m0/s1. The minimum atomic E-state index is -3.35. The van der Waals surface area contributed by atoms with E-state index in [9.17, 15) is 8.42 Å². The molecule has 1 saturated heterocycles. The van der Waals surface area contributed by atoms with Gasteiger partial charge in [-0.1, -0.05) is 0 Å². The Hall–Kier alpha value is -2.00. The summed E-state index contributed by atoms with van der Waals surface area (Å²) in [6.07, 6.45) is 9.93.